The number of nitrogens with one attached hydrogen (secondary N) is 1. The van der Waals surface area contributed by atoms with Crippen molar-refractivity contribution in [3.05, 3.63) is 90.0 Å². The first-order valence-electron chi connectivity index (χ1n) is 10.7. The number of ether oxygens (including phenoxy) is 1. The summed E-state index contributed by atoms with van der Waals surface area (Å²) in [5.74, 6) is -1.47. The molecule has 1 saturated heterocycles. The predicted octanol–water partition coefficient (Wildman–Crippen LogP) is 4.28. The molecule has 0 bridgehead atoms. The van der Waals surface area contributed by atoms with Gasteiger partial charge in [-0.25, -0.2) is 4.79 Å². The molecule has 172 valence electrons. The summed E-state index contributed by atoms with van der Waals surface area (Å²) in [5.41, 5.74) is 1.63. The van der Waals surface area contributed by atoms with Gasteiger partial charge in [-0.3, -0.25) is 19.3 Å². The highest BCUT2D eigenvalue weighted by molar-refractivity contribution is 7.99. The van der Waals surface area contributed by atoms with Crippen LogP contribution in [-0.2, 0) is 25.7 Å². The van der Waals surface area contributed by atoms with Crippen molar-refractivity contribution in [2.45, 2.75) is 29.2 Å². The van der Waals surface area contributed by atoms with Gasteiger partial charge in [0.05, 0.1) is 17.8 Å². The molecule has 1 fully saturated rings. The van der Waals surface area contributed by atoms with Crippen LogP contribution in [0.15, 0.2) is 88.7 Å². The van der Waals surface area contributed by atoms with E-state index in [0.717, 1.165) is 15.4 Å². The normalized spacial score (nSPS) is 13.1. The van der Waals surface area contributed by atoms with E-state index in [1.54, 1.807) is 30.3 Å². The first kappa shape index (κ1) is 23.3. The van der Waals surface area contributed by atoms with Gasteiger partial charge in [0, 0.05) is 22.6 Å². The lowest BCUT2D eigenvalue weighted by Gasteiger charge is -2.14. The maximum Gasteiger partial charge on any atom is 0.338 e. The molecule has 1 N–H and O–H groups in total. The van der Waals surface area contributed by atoms with Gasteiger partial charge in [0.1, 0.15) is 0 Å². The molecule has 3 aromatic carbocycles. The number of benzene rings is 3. The van der Waals surface area contributed by atoms with Crippen LogP contribution in [0.5, 0.6) is 0 Å². The summed E-state index contributed by atoms with van der Waals surface area (Å²) in [6.07, 6.45) is 0.474. The van der Waals surface area contributed by atoms with Gasteiger partial charge in [0.15, 0.2) is 6.61 Å². The Balaban J connectivity index is 1.30. The number of rotatable bonds is 8. The largest absolute Gasteiger partial charge is 0.452 e. The maximum atomic E-state index is 12.4. The third kappa shape index (κ3) is 5.90. The fourth-order valence-corrected chi connectivity index (χ4v) is 4.33. The molecule has 1 heterocycles. The Hall–Kier alpha value is -3.91. The maximum absolute atomic E-state index is 12.4. The number of hydrogen-bond acceptors (Lipinski definition) is 6. The van der Waals surface area contributed by atoms with Gasteiger partial charge in [-0.1, -0.05) is 54.2 Å². The van der Waals surface area contributed by atoms with E-state index in [4.69, 9.17) is 4.74 Å². The topological polar surface area (TPSA) is 92.8 Å². The van der Waals surface area contributed by atoms with Crippen LogP contribution in [0.1, 0.15) is 28.8 Å². The molecular formula is C26H22N2O5S. The third-order valence-electron chi connectivity index (χ3n) is 5.15. The van der Waals surface area contributed by atoms with E-state index >= 15 is 0 Å². The SMILES string of the molecule is O=C(COC(=O)c1ccc(CN2C(=O)CCC2=O)cc1)Nc1ccccc1Sc1ccccc1. The van der Waals surface area contributed by atoms with Crippen LogP contribution in [0, 0.1) is 0 Å². The second kappa shape index (κ2) is 10.8. The second-order valence-electron chi connectivity index (χ2n) is 7.61. The lowest BCUT2D eigenvalue weighted by Crippen LogP contribution is -2.28. The summed E-state index contributed by atoms with van der Waals surface area (Å²) in [5, 5.41) is 2.79. The van der Waals surface area contributed by atoms with Crippen LogP contribution in [0.2, 0.25) is 0 Å². The minimum Gasteiger partial charge on any atom is -0.452 e. The van der Waals surface area contributed by atoms with E-state index in [1.807, 2.05) is 48.5 Å². The van der Waals surface area contributed by atoms with Gasteiger partial charge < -0.3 is 10.1 Å². The molecule has 0 saturated carbocycles. The summed E-state index contributed by atoms with van der Waals surface area (Å²) in [6.45, 7) is -0.252. The monoisotopic (exact) mass is 474 g/mol. The fourth-order valence-electron chi connectivity index (χ4n) is 3.40. The van der Waals surface area contributed by atoms with E-state index in [0.29, 0.717) is 5.69 Å². The highest BCUT2D eigenvalue weighted by Crippen LogP contribution is 2.33. The van der Waals surface area contributed by atoms with Crippen molar-refractivity contribution in [2.24, 2.45) is 0 Å². The van der Waals surface area contributed by atoms with Crippen molar-refractivity contribution in [3.63, 3.8) is 0 Å². The van der Waals surface area contributed by atoms with Crippen molar-refractivity contribution in [1.82, 2.24) is 4.90 Å². The van der Waals surface area contributed by atoms with E-state index in [-0.39, 0.29) is 36.8 Å². The van der Waals surface area contributed by atoms with Crippen molar-refractivity contribution >= 4 is 41.1 Å². The average Bonchev–Trinajstić information content (AvgIpc) is 3.17. The highest BCUT2D eigenvalue weighted by atomic mass is 32.2. The van der Waals surface area contributed by atoms with Crippen LogP contribution in [0.3, 0.4) is 0 Å². The number of amides is 3. The highest BCUT2D eigenvalue weighted by Gasteiger charge is 2.28. The number of carbonyl (C=O) groups is 4. The summed E-state index contributed by atoms with van der Waals surface area (Å²) in [4.78, 5) is 51.4. The number of imide groups is 1. The fraction of sp³-hybridized carbons (Fsp3) is 0.154. The standard InChI is InChI=1S/C26H22N2O5S/c29-23(27-21-8-4-5-9-22(21)34-20-6-2-1-3-7-20)17-33-26(32)19-12-10-18(11-13-19)16-28-24(30)14-15-25(28)31/h1-13H,14-17H2,(H,27,29). The van der Waals surface area contributed by atoms with Gasteiger partial charge in [-0.15, -0.1) is 0 Å². The van der Waals surface area contributed by atoms with Gasteiger partial charge >= 0.3 is 5.97 Å². The molecule has 0 spiro atoms. The predicted molar refractivity (Wildman–Crippen MR) is 127 cm³/mol. The lowest BCUT2D eigenvalue weighted by atomic mass is 10.1. The van der Waals surface area contributed by atoms with Crippen molar-refractivity contribution < 1.29 is 23.9 Å². The summed E-state index contributed by atoms with van der Waals surface area (Å²) >= 11 is 1.52. The molecule has 34 heavy (non-hydrogen) atoms. The summed E-state index contributed by atoms with van der Waals surface area (Å²) in [6, 6.07) is 23.6. The Morgan fingerprint density at radius 3 is 2.21 bits per heavy atom. The molecule has 8 heteroatoms. The zero-order valence-corrected chi connectivity index (χ0v) is 19.0. The Kier molecular flexibility index (Phi) is 7.39. The molecule has 0 aliphatic carbocycles. The zero-order valence-electron chi connectivity index (χ0n) is 18.2. The first-order valence-corrected chi connectivity index (χ1v) is 11.5. The van der Waals surface area contributed by atoms with Crippen molar-refractivity contribution in [2.75, 3.05) is 11.9 Å². The first-order chi connectivity index (χ1) is 16.5. The number of likely N-dealkylation sites (tertiary alicyclic amines) is 1. The molecular weight excluding hydrogens is 452 g/mol. The Morgan fingerprint density at radius 1 is 0.853 bits per heavy atom. The van der Waals surface area contributed by atoms with Crippen LogP contribution in [0.4, 0.5) is 5.69 Å². The molecule has 0 aromatic heterocycles. The Bertz CT molecular complexity index is 1200. The minimum absolute atomic E-state index is 0.176. The quantitative estimate of drug-likeness (QED) is 0.387. The molecule has 0 unspecified atom stereocenters. The smallest absolute Gasteiger partial charge is 0.338 e. The minimum atomic E-state index is -0.637. The average molecular weight is 475 g/mol. The molecule has 3 amide bonds. The molecule has 4 rings (SSSR count). The lowest BCUT2D eigenvalue weighted by molar-refractivity contribution is -0.139. The van der Waals surface area contributed by atoms with E-state index in [1.165, 1.54) is 16.7 Å². The van der Waals surface area contributed by atoms with E-state index in [2.05, 4.69) is 5.32 Å². The molecule has 1 aliphatic rings. The van der Waals surface area contributed by atoms with Crippen LogP contribution < -0.4 is 5.32 Å². The number of nitrogens with zero attached hydrogens (tertiary/aromatic N) is 1. The molecule has 1 aliphatic heterocycles. The van der Waals surface area contributed by atoms with Gasteiger partial charge in [-0.2, -0.15) is 0 Å². The van der Waals surface area contributed by atoms with E-state index < -0.39 is 18.5 Å². The van der Waals surface area contributed by atoms with Crippen LogP contribution in [0.25, 0.3) is 0 Å². The Morgan fingerprint density at radius 2 is 1.50 bits per heavy atom. The summed E-state index contributed by atoms with van der Waals surface area (Å²) in [7, 11) is 0. The van der Waals surface area contributed by atoms with Crippen molar-refractivity contribution in [1.29, 1.82) is 0 Å². The number of carbonyl (C=O) groups excluding carboxylic acids is 4. The summed E-state index contributed by atoms with van der Waals surface area (Å²) < 4.78 is 5.15. The van der Waals surface area contributed by atoms with Gasteiger partial charge in [-0.05, 0) is 42.0 Å². The van der Waals surface area contributed by atoms with Crippen LogP contribution >= 0.6 is 11.8 Å². The second-order valence-corrected chi connectivity index (χ2v) is 8.72. The number of anilines is 1. The van der Waals surface area contributed by atoms with Crippen LogP contribution in [-0.4, -0.2) is 35.2 Å². The number of hydrogen-bond donors (Lipinski definition) is 1. The van der Waals surface area contributed by atoms with Gasteiger partial charge in [0.25, 0.3) is 5.91 Å². The zero-order chi connectivity index (χ0) is 23.9. The van der Waals surface area contributed by atoms with Gasteiger partial charge in [0.2, 0.25) is 11.8 Å². The third-order valence-corrected chi connectivity index (χ3v) is 6.24. The van der Waals surface area contributed by atoms with E-state index in [9.17, 15) is 19.2 Å². The molecule has 0 radical (unpaired) electrons. The Labute approximate surface area is 201 Å². The van der Waals surface area contributed by atoms with Crippen molar-refractivity contribution in [3.8, 4) is 0 Å². The molecule has 3 aromatic rings. The number of esters is 1. The molecule has 7 nitrogen and oxygen atoms in total. The number of para-hydroxylation sites is 1. The molecule has 0 atom stereocenters.